The van der Waals surface area contributed by atoms with Crippen LogP contribution in [-0.4, -0.2) is 41.9 Å². The molecule has 1 aliphatic carbocycles. The third-order valence-electron chi connectivity index (χ3n) is 2.26. The highest BCUT2D eigenvalue weighted by Crippen LogP contribution is 2.42. The molecule has 0 fully saturated rings. The van der Waals surface area contributed by atoms with Gasteiger partial charge in [0.15, 0.2) is 0 Å². The first-order valence-corrected chi connectivity index (χ1v) is 6.79. The first kappa shape index (κ1) is 13.6. The minimum Gasteiger partial charge on any atom is -0.382 e. The van der Waals surface area contributed by atoms with Gasteiger partial charge >= 0.3 is 7.60 Å². The maximum Gasteiger partial charge on any atom is 0.328 e. The largest absolute Gasteiger partial charge is 0.382 e. The van der Waals surface area contributed by atoms with Gasteiger partial charge in [-0.2, -0.15) is 0 Å². The molecule has 1 rings (SSSR count). The van der Waals surface area contributed by atoms with E-state index in [-0.39, 0.29) is 6.16 Å². The van der Waals surface area contributed by atoms with Gasteiger partial charge in [0, 0.05) is 7.11 Å². The Morgan fingerprint density at radius 2 is 2.12 bits per heavy atom. The molecule has 0 aliphatic heterocycles. The number of rotatable bonds is 6. The molecule has 0 aromatic rings. The SMILES string of the molecule is COCCOC1(CP(=O)(O)O)C=CC=CC1. The molecule has 5 nitrogen and oxygen atoms in total. The van der Waals surface area contributed by atoms with Gasteiger partial charge in [0.05, 0.1) is 19.4 Å². The number of hydrogen-bond donors (Lipinski definition) is 2. The van der Waals surface area contributed by atoms with Gasteiger partial charge in [-0.1, -0.05) is 24.3 Å². The first-order chi connectivity index (χ1) is 7.47. The summed E-state index contributed by atoms with van der Waals surface area (Å²) in [6.07, 6.45) is 7.27. The van der Waals surface area contributed by atoms with Crippen LogP contribution in [0.4, 0.5) is 0 Å². The molecule has 2 N–H and O–H groups in total. The van der Waals surface area contributed by atoms with Crippen LogP contribution >= 0.6 is 7.60 Å². The van der Waals surface area contributed by atoms with Crippen LogP contribution in [-0.2, 0) is 14.0 Å². The molecule has 0 heterocycles. The fraction of sp³-hybridized carbons (Fsp3) is 0.600. The zero-order valence-corrected chi connectivity index (χ0v) is 10.1. The summed E-state index contributed by atoms with van der Waals surface area (Å²) in [7, 11) is -2.55. The normalized spacial score (nSPS) is 24.9. The fourth-order valence-corrected chi connectivity index (χ4v) is 2.61. The number of allylic oxidation sites excluding steroid dienone is 2. The number of hydrogen-bond acceptors (Lipinski definition) is 3. The highest BCUT2D eigenvalue weighted by Gasteiger charge is 2.35. The van der Waals surface area contributed by atoms with Gasteiger partial charge in [0.1, 0.15) is 5.60 Å². The molecule has 0 spiro atoms. The van der Waals surface area contributed by atoms with Crippen molar-refractivity contribution in [2.75, 3.05) is 26.5 Å². The molecule has 6 heteroatoms. The van der Waals surface area contributed by atoms with Gasteiger partial charge in [-0.25, -0.2) is 0 Å². The van der Waals surface area contributed by atoms with Crippen LogP contribution in [0.1, 0.15) is 6.42 Å². The second kappa shape index (κ2) is 5.75. The van der Waals surface area contributed by atoms with Gasteiger partial charge in [0.25, 0.3) is 0 Å². The van der Waals surface area contributed by atoms with Gasteiger partial charge in [-0.3, -0.25) is 4.57 Å². The topological polar surface area (TPSA) is 76.0 Å². The molecule has 16 heavy (non-hydrogen) atoms. The lowest BCUT2D eigenvalue weighted by atomic mass is 9.97. The van der Waals surface area contributed by atoms with E-state index in [1.165, 1.54) is 0 Å². The van der Waals surface area contributed by atoms with Crippen LogP contribution in [0.15, 0.2) is 24.3 Å². The van der Waals surface area contributed by atoms with E-state index >= 15 is 0 Å². The van der Waals surface area contributed by atoms with Crippen molar-refractivity contribution in [3.05, 3.63) is 24.3 Å². The van der Waals surface area contributed by atoms with E-state index in [1.54, 1.807) is 19.3 Å². The van der Waals surface area contributed by atoms with E-state index in [0.717, 1.165) is 0 Å². The van der Waals surface area contributed by atoms with Crippen LogP contribution in [0.5, 0.6) is 0 Å². The monoisotopic (exact) mass is 248 g/mol. The molecular weight excluding hydrogens is 231 g/mol. The molecule has 0 radical (unpaired) electrons. The predicted molar refractivity (Wildman–Crippen MR) is 60.4 cm³/mol. The molecular formula is C10H17O5P. The number of methoxy groups -OCH3 is 1. The highest BCUT2D eigenvalue weighted by molar-refractivity contribution is 7.51. The van der Waals surface area contributed by atoms with Crippen molar-refractivity contribution in [3.8, 4) is 0 Å². The van der Waals surface area contributed by atoms with Crippen molar-refractivity contribution < 1.29 is 23.8 Å². The molecule has 1 atom stereocenters. The Hall–Kier alpha value is -0.450. The third kappa shape index (κ3) is 4.60. The van der Waals surface area contributed by atoms with E-state index in [4.69, 9.17) is 19.3 Å². The van der Waals surface area contributed by atoms with Gasteiger partial charge in [-0.05, 0) is 6.42 Å². The Labute approximate surface area is 94.9 Å². The van der Waals surface area contributed by atoms with Gasteiger partial charge in [0.2, 0.25) is 0 Å². The van der Waals surface area contributed by atoms with Crippen molar-refractivity contribution in [1.29, 1.82) is 0 Å². The van der Waals surface area contributed by atoms with Gasteiger partial charge < -0.3 is 19.3 Å². The maximum atomic E-state index is 11.1. The first-order valence-electron chi connectivity index (χ1n) is 4.99. The van der Waals surface area contributed by atoms with E-state index in [0.29, 0.717) is 19.6 Å². The Balaban J connectivity index is 2.65. The molecule has 0 saturated carbocycles. The smallest absolute Gasteiger partial charge is 0.328 e. The van der Waals surface area contributed by atoms with Crippen molar-refractivity contribution in [2.45, 2.75) is 12.0 Å². The van der Waals surface area contributed by atoms with Crippen molar-refractivity contribution in [1.82, 2.24) is 0 Å². The predicted octanol–water partition coefficient (Wildman–Crippen LogP) is 1.08. The summed E-state index contributed by atoms with van der Waals surface area (Å²) in [5.74, 6) is 0. The molecule has 0 aromatic carbocycles. The molecule has 92 valence electrons. The van der Waals surface area contributed by atoms with E-state index in [2.05, 4.69) is 0 Å². The van der Waals surface area contributed by atoms with Crippen LogP contribution in [0.2, 0.25) is 0 Å². The van der Waals surface area contributed by atoms with Crippen LogP contribution < -0.4 is 0 Å². The summed E-state index contributed by atoms with van der Waals surface area (Å²) < 4.78 is 21.4. The van der Waals surface area contributed by atoms with Crippen LogP contribution in [0.3, 0.4) is 0 Å². The summed E-state index contributed by atoms with van der Waals surface area (Å²) in [4.78, 5) is 18.1. The zero-order valence-electron chi connectivity index (χ0n) is 9.20. The summed E-state index contributed by atoms with van der Waals surface area (Å²) in [5.41, 5.74) is -0.897. The molecule has 0 amide bonds. The zero-order chi connectivity index (χ0) is 12.1. The summed E-state index contributed by atoms with van der Waals surface area (Å²) in [6.45, 7) is 0.717. The van der Waals surface area contributed by atoms with Crippen LogP contribution in [0.25, 0.3) is 0 Å². The lowest BCUT2D eigenvalue weighted by Gasteiger charge is -2.31. The molecule has 0 bridgehead atoms. The second-order valence-electron chi connectivity index (χ2n) is 3.72. The lowest BCUT2D eigenvalue weighted by molar-refractivity contribution is -0.0191. The standard InChI is InChI=1S/C10H17O5P/c1-14-7-8-15-10(9-16(11,12)13)5-3-2-4-6-10/h2-5H,6-9H2,1H3,(H2,11,12,13). The Morgan fingerprint density at radius 3 is 2.62 bits per heavy atom. The Morgan fingerprint density at radius 1 is 1.38 bits per heavy atom. The lowest BCUT2D eigenvalue weighted by Crippen LogP contribution is -2.36. The average Bonchev–Trinajstić information content (AvgIpc) is 2.16. The highest BCUT2D eigenvalue weighted by atomic mass is 31.2. The fourth-order valence-electron chi connectivity index (χ4n) is 1.59. The average molecular weight is 248 g/mol. The minimum atomic E-state index is -4.10. The maximum absolute atomic E-state index is 11.1. The Bertz CT molecular complexity index is 319. The minimum absolute atomic E-state index is 0.301. The van der Waals surface area contributed by atoms with Crippen molar-refractivity contribution in [3.63, 3.8) is 0 Å². The summed E-state index contributed by atoms with van der Waals surface area (Å²) in [5, 5.41) is 0. The molecule has 1 aliphatic rings. The van der Waals surface area contributed by atoms with E-state index in [9.17, 15) is 4.57 Å². The third-order valence-corrected chi connectivity index (χ3v) is 3.21. The van der Waals surface area contributed by atoms with E-state index < -0.39 is 13.2 Å². The quantitative estimate of drug-likeness (QED) is 0.543. The second-order valence-corrected chi connectivity index (χ2v) is 5.37. The summed E-state index contributed by atoms with van der Waals surface area (Å²) in [6, 6.07) is 0. The van der Waals surface area contributed by atoms with Crippen molar-refractivity contribution >= 4 is 7.60 Å². The molecule has 0 aromatic heterocycles. The Kier molecular flexibility index (Phi) is 4.89. The molecule has 0 saturated heterocycles. The van der Waals surface area contributed by atoms with Crippen molar-refractivity contribution in [2.24, 2.45) is 0 Å². The summed E-state index contributed by atoms with van der Waals surface area (Å²) >= 11 is 0. The molecule has 1 unspecified atom stereocenters. The van der Waals surface area contributed by atoms with Crippen LogP contribution in [0, 0.1) is 0 Å². The van der Waals surface area contributed by atoms with E-state index in [1.807, 2.05) is 12.2 Å². The van der Waals surface area contributed by atoms with Gasteiger partial charge in [-0.15, -0.1) is 0 Å². The number of ether oxygens (including phenoxy) is 2.